The Bertz CT molecular complexity index is 526. The lowest BCUT2D eigenvalue weighted by molar-refractivity contribution is 0.687. The van der Waals surface area contributed by atoms with E-state index in [2.05, 4.69) is 49.6 Å². The molecular formula is C12H12BrN3S2. The first-order chi connectivity index (χ1) is 8.81. The summed E-state index contributed by atoms with van der Waals surface area (Å²) in [6, 6.07) is 7.24. The van der Waals surface area contributed by atoms with Crippen molar-refractivity contribution in [3.05, 3.63) is 33.7 Å². The van der Waals surface area contributed by atoms with Crippen LogP contribution in [0.4, 0.5) is 0 Å². The molecule has 1 aromatic heterocycles. The number of hydrogen-bond donors (Lipinski definition) is 1. The van der Waals surface area contributed by atoms with Crippen LogP contribution in [0.2, 0.25) is 0 Å². The molecular weight excluding hydrogens is 330 g/mol. The Morgan fingerprint density at radius 2 is 2.33 bits per heavy atom. The van der Waals surface area contributed by atoms with Crippen LogP contribution in [-0.2, 0) is 6.54 Å². The highest BCUT2D eigenvalue weighted by Gasteiger charge is 2.20. The monoisotopic (exact) mass is 341 g/mol. The highest BCUT2D eigenvalue weighted by Crippen LogP contribution is 2.34. The van der Waals surface area contributed by atoms with E-state index < -0.39 is 0 Å². The van der Waals surface area contributed by atoms with E-state index in [4.69, 9.17) is 0 Å². The Morgan fingerprint density at radius 3 is 3.00 bits per heavy atom. The van der Waals surface area contributed by atoms with Gasteiger partial charge in [0.05, 0.1) is 0 Å². The summed E-state index contributed by atoms with van der Waals surface area (Å²) < 4.78 is 2.09. The molecule has 0 spiro atoms. The third-order valence-electron chi connectivity index (χ3n) is 2.71. The van der Waals surface area contributed by atoms with Crippen LogP contribution in [0, 0.1) is 0 Å². The van der Waals surface area contributed by atoms with Crippen LogP contribution in [0.25, 0.3) is 0 Å². The number of aromatic nitrogens is 2. The second-order valence-electron chi connectivity index (χ2n) is 4.23. The summed E-state index contributed by atoms with van der Waals surface area (Å²) in [6.07, 6.45) is 2.65. The lowest BCUT2D eigenvalue weighted by Gasteiger charge is -2.06. The summed E-state index contributed by atoms with van der Waals surface area (Å²) in [4.78, 5) is 1.18. The minimum atomic E-state index is 0.749. The van der Waals surface area contributed by atoms with E-state index >= 15 is 0 Å². The van der Waals surface area contributed by atoms with Crippen molar-refractivity contribution in [2.24, 2.45) is 0 Å². The van der Waals surface area contributed by atoms with E-state index in [0.717, 1.165) is 21.4 Å². The van der Waals surface area contributed by atoms with Gasteiger partial charge in [-0.25, -0.2) is 0 Å². The van der Waals surface area contributed by atoms with Crippen molar-refractivity contribution >= 4 is 39.0 Å². The standard InChI is InChI=1S/C12H12BrN3S2/c13-10-5-8(6-14-9-2-3-9)1-4-11(10)18-12-16-15-7-17-12/h1,4-5,7,9,14H,2-3,6H2. The molecule has 0 atom stereocenters. The van der Waals surface area contributed by atoms with Crippen LogP contribution >= 0.6 is 39.0 Å². The maximum Gasteiger partial charge on any atom is 0.178 e. The average molecular weight is 342 g/mol. The van der Waals surface area contributed by atoms with Crippen LogP contribution < -0.4 is 5.32 Å². The van der Waals surface area contributed by atoms with Crippen LogP contribution in [0.5, 0.6) is 0 Å². The smallest absolute Gasteiger partial charge is 0.178 e. The molecule has 1 N–H and O–H groups in total. The summed E-state index contributed by atoms with van der Waals surface area (Å²) in [5.74, 6) is 0. The van der Waals surface area contributed by atoms with Crippen molar-refractivity contribution in [1.29, 1.82) is 0 Å². The quantitative estimate of drug-likeness (QED) is 0.899. The van der Waals surface area contributed by atoms with Gasteiger partial charge in [-0.15, -0.1) is 10.2 Å². The summed E-state index contributed by atoms with van der Waals surface area (Å²) >= 11 is 6.83. The highest BCUT2D eigenvalue weighted by atomic mass is 79.9. The molecule has 94 valence electrons. The molecule has 3 rings (SSSR count). The fraction of sp³-hybridized carbons (Fsp3) is 0.333. The molecule has 0 aliphatic heterocycles. The predicted octanol–water partition coefficient (Wildman–Crippen LogP) is 3.70. The van der Waals surface area contributed by atoms with E-state index in [1.165, 1.54) is 23.3 Å². The van der Waals surface area contributed by atoms with E-state index in [0.29, 0.717) is 0 Å². The largest absolute Gasteiger partial charge is 0.310 e. The van der Waals surface area contributed by atoms with Gasteiger partial charge in [0, 0.05) is 22.0 Å². The summed E-state index contributed by atoms with van der Waals surface area (Å²) in [5, 5.41) is 11.4. The van der Waals surface area contributed by atoms with Crippen molar-refractivity contribution in [2.45, 2.75) is 34.7 Å². The molecule has 1 aliphatic rings. The van der Waals surface area contributed by atoms with Gasteiger partial charge in [-0.3, -0.25) is 0 Å². The normalized spacial score (nSPS) is 14.9. The first-order valence-electron chi connectivity index (χ1n) is 5.77. The van der Waals surface area contributed by atoms with Gasteiger partial charge >= 0.3 is 0 Å². The van der Waals surface area contributed by atoms with Gasteiger partial charge in [0.1, 0.15) is 5.51 Å². The molecule has 18 heavy (non-hydrogen) atoms. The van der Waals surface area contributed by atoms with Crippen LogP contribution in [0.1, 0.15) is 18.4 Å². The van der Waals surface area contributed by atoms with E-state index in [1.807, 2.05) is 0 Å². The van der Waals surface area contributed by atoms with Gasteiger partial charge in [-0.05, 0) is 46.5 Å². The fourth-order valence-corrected chi connectivity index (χ4v) is 3.70. The van der Waals surface area contributed by atoms with E-state index in [-0.39, 0.29) is 0 Å². The number of benzene rings is 1. The zero-order chi connectivity index (χ0) is 12.4. The summed E-state index contributed by atoms with van der Waals surface area (Å²) in [5.41, 5.74) is 3.07. The van der Waals surface area contributed by atoms with Gasteiger partial charge in [0.15, 0.2) is 4.34 Å². The van der Waals surface area contributed by atoms with Crippen LogP contribution in [0.3, 0.4) is 0 Å². The number of halogens is 1. The SMILES string of the molecule is Brc1cc(CNC2CC2)ccc1Sc1nncs1. The minimum absolute atomic E-state index is 0.749. The second kappa shape index (κ2) is 5.69. The molecule has 0 saturated heterocycles. The molecule has 0 bridgehead atoms. The number of hydrogen-bond acceptors (Lipinski definition) is 5. The average Bonchev–Trinajstić information content (AvgIpc) is 3.06. The summed E-state index contributed by atoms with van der Waals surface area (Å²) in [6.45, 7) is 0.951. The van der Waals surface area contributed by atoms with Gasteiger partial charge in [0.25, 0.3) is 0 Å². The van der Waals surface area contributed by atoms with Gasteiger partial charge in [0.2, 0.25) is 0 Å². The molecule has 2 aromatic rings. The van der Waals surface area contributed by atoms with Crippen molar-refractivity contribution < 1.29 is 0 Å². The Kier molecular flexibility index (Phi) is 3.98. The first-order valence-corrected chi connectivity index (χ1v) is 8.26. The van der Waals surface area contributed by atoms with Crippen molar-refractivity contribution in [3.8, 4) is 0 Å². The Labute approximate surface area is 123 Å². The highest BCUT2D eigenvalue weighted by molar-refractivity contribution is 9.10. The lowest BCUT2D eigenvalue weighted by Crippen LogP contribution is -2.15. The number of nitrogens with zero attached hydrogens (tertiary/aromatic N) is 2. The molecule has 1 fully saturated rings. The van der Waals surface area contributed by atoms with Crippen molar-refractivity contribution in [2.75, 3.05) is 0 Å². The maximum atomic E-state index is 4.04. The van der Waals surface area contributed by atoms with Crippen molar-refractivity contribution in [3.63, 3.8) is 0 Å². The molecule has 0 radical (unpaired) electrons. The topological polar surface area (TPSA) is 37.8 Å². The maximum absolute atomic E-state index is 4.04. The minimum Gasteiger partial charge on any atom is -0.310 e. The van der Waals surface area contributed by atoms with Gasteiger partial charge < -0.3 is 5.32 Å². The fourth-order valence-electron chi connectivity index (χ4n) is 1.59. The van der Waals surface area contributed by atoms with Gasteiger partial charge in [-0.1, -0.05) is 29.2 Å². The molecule has 1 aliphatic carbocycles. The second-order valence-corrected chi connectivity index (χ2v) is 7.20. The Balaban J connectivity index is 1.67. The predicted molar refractivity (Wildman–Crippen MR) is 78.0 cm³/mol. The zero-order valence-electron chi connectivity index (χ0n) is 9.60. The molecule has 3 nitrogen and oxygen atoms in total. The number of nitrogens with one attached hydrogen (secondary N) is 1. The Morgan fingerprint density at radius 1 is 1.44 bits per heavy atom. The molecule has 0 amide bonds. The number of rotatable bonds is 5. The van der Waals surface area contributed by atoms with Gasteiger partial charge in [-0.2, -0.15) is 0 Å². The Hall–Kier alpha value is -0.430. The van der Waals surface area contributed by atoms with E-state index in [1.54, 1.807) is 28.6 Å². The molecule has 6 heteroatoms. The lowest BCUT2D eigenvalue weighted by atomic mass is 10.2. The van der Waals surface area contributed by atoms with E-state index in [9.17, 15) is 0 Å². The van der Waals surface area contributed by atoms with Crippen molar-refractivity contribution in [1.82, 2.24) is 15.5 Å². The summed E-state index contributed by atoms with van der Waals surface area (Å²) in [7, 11) is 0. The third-order valence-corrected chi connectivity index (χ3v) is 5.48. The molecule has 0 unspecified atom stereocenters. The molecule has 1 aromatic carbocycles. The zero-order valence-corrected chi connectivity index (χ0v) is 12.8. The first kappa shape index (κ1) is 12.6. The van der Waals surface area contributed by atoms with Crippen LogP contribution in [0.15, 0.2) is 37.4 Å². The van der Waals surface area contributed by atoms with Crippen LogP contribution in [-0.4, -0.2) is 16.2 Å². The molecule has 1 saturated carbocycles. The molecule has 1 heterocycles. The third kappa shape index (κ3) is 3.32.